The van der Waals surface area contributed by atoms with Gasteiger partial charge in [-0.1, -0.05) is 12.1 Å². The van der Waals surface area contributed by atoms with Gasteiger partial charge in [-0.3, -0.25) is 0 Å². The molecule has 3 heteroatoms. The van der Waals surface area contributed by atoms with Crippen LogP contribution in [0.25, 0.3) is 0 Å². The maximum Gasteiger partial charge on any atom is 0.0519 e. The van der Waals surface area contributed by atoms with E-state index in [0.717, 1.165) is 13.1 Å². The summed E-state index contributed by atoms with van der Waals surface area (Å²) in [4.78, 5) is 0. The van der Waals surface area contributed by atoms with Gasteiger partial charge in [-0.2, -0.15) is 0 Å². The largest absolute Gasteiger partial charge is 0.326 e. The maximum atomic E-state index is 5.52. The first kappa shape index (κ1) is 8.53. The van der Waals surface area contributed by atoms with Crippen molar-refractivity contribution in [1.82, 2.24) is 5.43 Å². The van der Waals surface area contributed by atoms with Gasteiger partial charge in [-0.05, 0) is 24.1 Å². The lowest BCUT2D eigenvalue weighted by atomic mass is 10.2. The van der Waals surface area contributed by atoms with Gasteiger partial charge in [0.15, 0.2) is 0 Å². The van der Waals surface area contributed by atoms with Crippen LogP contribution in [0, 0.1) is 0 Å². The summed E-state index contributed by atoms with van der Waals surface area (Å²) in [5.74, 6) is 0. The molecule has 1 fully saturated rings. The topological polar surface area (TPSA) is 41.3 Å². The molecule has 3 nitrogen and oxygen atoms in total. The Morgan fingerprint density at radius 3 is 2.62 bits per heavy atom. The van der Waals surface area contributed by atoms with E-state index in [1.165, 1.54) is 17.7 Å². The highest BCUT2D eigenvalue weighted by Gasteiger charge is 2.10. The molecule has 13 heavy (non-hydrogen) atoms. The average Bonchev–Trinajstić information content (AvgIpc) is 2.71. The lowest BCUT2D eigenvalue weighted by molar-refractivity contribution is 0.787. The van der Waals surface area contributed by atoms with E-state index in [1.807, 2.05) is 0 Å². The van der Waals surface area contributed by atoms with Crippen molar-refractivity contribution in [2.75, 3.05) is 18.1 Å². The van der Waals surface area contributed by atoms with Crippen LogP contribution in [0.15, 0.2) is 24.3 Å². The molecule has 3 N–H and O–H groups in total. The van der Waals surface area contributed by atoms with Gasteiger partial charge in [0.1, 0.15) is 0 Å². The summed E-state index contributed by atoms with van der Waals surface area (Å²) in [6.45, 7) is 2.80. The van der Waals surface area contributed by atoms with Crippen molar-refractivity contribution in [3.63, 3.8) is 0 Å². The van der Waals surface area contributed by atoms with Crippen molar-refractivity contribution in [2.24, 2.45) is 5.73 Å². The molecule has 0 atom stereocenters. The van der Waals surface area contributed by atoms with Crippen LogP contribution >= 0.6 is 0 Å². The lowest BCUT2D eigenvalue weighted by Crippen LogP contribution is -2.30. The van der Waals surface area contributed by atoms with Crippen LogP contribution in [0.4, 0.5) is 5.69 Å². The minimum Gasteiger partial charge on any atom is -0.326 e. The molecule has 0 radical (unpaired) electrons. The van der Waals surface area contributed by atoms with Crippen molar-refractivity contribution in [2.45, 2.75) is 13.0 Å². The molecule has 1 heterocycles. The van der Waals surface area contributed by atoms with Crippen LogP contribution in [-0.4, -0.2) is 13.1 Å². The van der Waals surface area contributed by atoms with Crippen molar-refractivity contribution in [3.05, 3.63) is 29.8 Å². The predicted octanol–water partition coefficient (Wildman–Crippen LogP) is 0.860. The van der Waals surface area contributed by atoms with Gasteiger partial charge in [0.2, 0.25) is 0 Å². The molecule has 1 aromatic carbocycles. The fourth-order valence-electron chi connectivity index (χ4n) is 1.56. The van der Waals surface area contributed by atoms with Crippen molar-refractivity contribution >= 4 is 5.69 Å². The number of hydrogen-bond donors (Lipinski definition) is 2. The minimum absolute atomic E-state index is 0.619. The van der Waals surface area contributed by atoms with Crippen LogP contribution in [0.2, 0.25) is 0 Å². The van der Waals surface area contributed by atoms with E-state index in [9.17, 15) is 0 Å². The molecule has 0 aliphatic carbocycles. The van der Waals surface area contributed by atoms with E-state index in [2.05, 4.69) is 34.7 Å². The van der Waals surface area contributed by atoms with E-state index in [0.29, 0.717) is 6.54 Å². The lowest BCUT2D eigenvalue weighted by Gasteiger charge is -2.17. The Morgan fingerprint density at radius 2 is 2.08 bits per heavy atom. The zero-order chi connectivity index (χ0) is 9.10. The van der Waals surface area contributed by atoms with Gasteiger partial charge in [0.05, 0.1) is 5.69 Å². The number of nitrogens with two attached hydrogens (primary N) is 1. The van der Waals surface area contributed by atoms with E-state index in [4.69, 9.17) is 5.73 Å². The molecule has 0 saturated carbocycles. The molecule has 0 bridgehead atoms. The van der Waals surface area contributed by atoms with E-state index in [1.54, 1.807) is 0 Å². The third-order valence-electron chi connectivity index (χ3n) is 2.34. The molecule has 0 aromatic heterocycles. The Hall–Kier alpha value is -1.06. The Labute approximate surface area is 78.5 Å². The first-order chi connectivity index (χ1) is 6.40. The van der Waals surface area contributed by atoms with E-state index >= 15 is 0 Å². The summed E-state index contributed by atoms with van der Waals surface area (Å²) >= 11 is 0. The summed E-state index contributed by atoms with van der Waals surface area (Å²) < 4.78 is 0. The second-order valence-electron chi connectivity index (χ2n) is 3.28. The van der Waals surface area contributed by atoms with Gasteiger partial charge >= 0.3 is 0 Å². The standard InChI is InChI=1S/C10H15N3/c11-8-9-2-4-10(5-3-9)13-7-1-6-12-13/h2-5,12H,1,6-8,11H2. The average molecular weight is 177 g/mol. The van der Waals surface area contributed by atoms with Gasteiger partial charge < -0.3 is 10.7 Å². The summed E-state index contributed by atoms with van der Waals surface area (Å²) in [6.07, 6.45) is 1.22. The first-order valence-electron chi connectivity index (χ1n) is 4.70. The molecule has 70 valence electrons. The summed E-state index contributed by atoms with van der Waals surface area (Å²) in [7, 11) is 0. The van der Waals surface area contributed by atoms with Crippen LogP contribution in [0.5, 0.6) is 0 Å². The highest BCUT2D eigenvalue weighted by molar-refractivity contribution is 5.47. The second kappa shape index (κ2) is 3.77. The van der Waals surface area contributed by atoms with Crippen molar-refractivity contribution < 1.29 is 0 Å². The molecule has 0 unspecified atom stereocenters. The van der Waals surface area contributed by atoms with Crippen LogP contribution < -0.4 is 16.2 Å². The normalized spacial score (nSPS) is 16.5. The highest BCUT2D eigenvalue weighted by Crippen LogP contribution is 2.15. The number of nitrogens with one attached hydrogen (secondary N) is 1. The second-order valence-corrected chi connectivity index (χ2v) is 3.28. The van der Waals surface area contributed by atoms with E-state index < -0.39 is 0 Å². The zero-order valence-electron chi connectivity index (χ0n) is 7.66. The zero-order valence-corrected chi connectivity index (χ0v) is 7.66. The summed E-state index contributed by atoms with van der Waals surface area (Å²) in [5, 5.41) is 2.18. The smallest absolute Gasteiger partial charge is 0.0519 e. The van der Waals surface area contributed by atoms with E-state index in [-0.39, 0.29) is 0 Å². The molecule has 0 spiro atoms. The number of hydrogen-bond acceptors (Lipinski definition) is 3. The molecule has 2 rings (SSSR count). The number of rotatable bonds is 2. The predicted molar refractivity (Wildman–Crippen MR) is 54.3 cm³/mol. The van der Waals surface area contributed by atoms with Crippen LogP contribution in [-0.2, 0) is 6.54 Å². The van der Waals surface area contributed by atoms with Gasteiger partial charge in [0, 0.05) is 19.6 Å². The Balaban J connectivity index is 2.12. The number of nitrogens with zero attached hydrogens (tertiary/aromatic N) is 1. The summed E-state index contributed by atoms with van der Waals surface area (Å²) in [6, 6.07) is 8.38. The minimum atomic E-state index is 0.619. The van der Waals surface area contributed by atoms with Crippen LogP contribution in [0.1, 0.15) is 12.0 Å². The third-order valence-corrected chi connectivity index (χ3v) is 2.34. The third kappa shape index (κ3) is 1.82. The highest BCUT2D eigenvalue weighted by atomic mass is 15.5. The Kier molecular flexibility index (Phi) is 2.47. The monoisotopic (exact) mass is 177 g/mol. The van der Waals surface area contributed by atoms with Crippen LogP contribution in [0.3, 0.4) is 0 Å². The molecule has 1 aliphatic heterocycles. The van der Waals surface area contributed by atoms with Crippen molar-refractivity contribution in [1.29, 1.82) is 0 Å². The van der Waals surface area contributed by atoms with Crippen molar-refractivity contribution in [3.8, 4) is 0 Å². The number of hydrazine groups is 1. The Bertz CT molecular complexity index is 262. The first-order valence-corrected chi connectivity index (χ1v) is 4.70. The fourth-order valence-corrected chi connectivity index (χ4v) is 1.56. The van der Waals surface area contributed by atoms with Gasteiger partial charge in [0.25, 0.3) is 0 Å². The maximum absolute atomic E-state index is 5.52. The fraction of sp³-hybridized carbons (Fsp3) is 0.400. The molecule has 1 aliphatic rings. The molecule has 1 saturated heterocycles. The number of anilines is 1. The number of benzene rings is 1. The Morgan fingerprint density at radius 1 is 1.31 bits per heavy atom. The quantitative estimate of drug-likeness (QED) is 0.704. The molecule has 0 amide bonds. The van der Waals surface area contributed by atoms with Gasteiger partial charge in [-0.25, -0.2) is 5.43 Å². The molecular weight excluding hydrogens is 162 g/mol. The molecule has 1 aromatic rings. The van der Waals surface area contributed by atoms with Gasteiger partial charge in [-0.15, -0.1) is 0 Å². The summed E-state index contributed by atoms with van der Waals surface area (Å²) in [5.41, 5.74) is 11.3. The SMILES string of the molecule is NCc1ccc(N2CCCN2)cc1. The molecular formula is C10H15N3.